The van der Waals surface area contributed by atoms with E-state index in [0.29, 0.717) is 16.3 Å². The number of fused-ring (bicyclic) bond motifs is 1. The monoisotopic (exact) mass is 449 g/mol. The molecule has 160 valence electrons. The molecule has 8 nitrogen and oxygen atoms in total. The summed E-state index contributed by atoms with van der Waals surface area (Å²) < 4.78 is 0. The number of benzene rings is 3. The van der Waals surface area contributed by atoms with E-state index in [-0.39, 0.29) is 23.2 Å². The lowest BCUT2D eigenvalue weighted by atomic mass is 10.0. The van der Waals surface area contributed by atoms with Crippen molar-refractivity contribution in [2.45, 2.75) is 12.5 Å². The number of carbonyl (C=O) groups is 3. The quantitative estimate of drug-likeness (QED) is 0.346. The van der Waals surface area contributed by atoms with Crippen LogP contribution in [0.15, 0.2) is 72.8 Å². The maximum atomic E-state index is 13.2. The SMILES string of the molecule is O=C(Nc1ccc(Cl)cc1)C(Cc1ccc([N+](=O)[O-])cc1)N1C(=O)c2ccccc2C1=O. The second-order valence-electron chi connectivity index (χ2n) is 7.17. The summed E-state index contributed by atoms with van der Waals surface area (Å²) in [7, 11) is 0. The van der Waals surface area contributed by atoms with Gasteiger partial charge in [-0.15, -0.1) is 0 Å². The van der Waals surface area contributed by atoms with E-state index >= 15 is 0 Å². The number of hydrogen-bond donors (Lipinski definition) is 1. The lowest BCUT2D eigenvalue weighted by Gasteiger charge is -2.25. The fraction of sp³-hybridized carbons (Fsp3) is 0.0870. The number of hydrogen-bond acceptors (Lipinski definition) is 5. The van der Waals surface area contributed by atoms with Crippen LogP contribution in [0.2, 0.25) is 5.02 Å². The smallest absolute Gasteiger partial charge is 0.269 e. The maximum absolute atomic E-state index is 13.2. The first-order valence-corrected chi connectivity index (χ1v) is 9.99. The van der Waals surface area contributed by atoms with E-state index in [0.717, 1.165) is 4.90 Å². The van der Waals surface area contributed by atoms with Crippen molar-refractivity contribution < 1.29 is 19.3 Å². The van der Waals surface area contributed by atoms with Gasteiger partial charge in [0.05, 0.1) is 16.1 Å². The molecular weight excluding hydrogens is 434 g/mol. The highest BCUT2D eigenvalue weighted by molar-refractivity contribution is 6.30. The van der Waals surface area contributed by atoms with Crippen LogP contribution < -0.4 is 5.32 Å². The summed E-state index contributed by atoms with van der Waals surface area (Å²) in [6, 6.07) is 17.2. The van der Waals surface area contributed by atoms with Crippen LogP contribution in [0.4, 0.5) is 11.4 Å². The summed E-state index contributed by atoms with van der Waals surface area (Å²) in [5.41, 5.74) is 1.36. The standard InChI is InChI=1S/C23H16ClN3O5/c24-15-7-9-16(10-8-15)25-21(28)20(13-14-5-11-17(12-6-14)27(31)32)26-22(29)18-3-1-2-4-19(18)23(26)30/h1-12,20H,13H2,(H,25,28). The average Bonchev–Trinajstić information content (AvgIpc) is 3.04. The van der Waals surface area contributed by atoms with Crippen molar-refractivity contribution >= 4 is 40.7 Å². The Balaban J connectivity index is 1.67. The molecule has 0 aliphatic carbocycles. The number of nitrogens with zero attached hydrogens (tertiary/aromatic N) is 2. The molecular formula is C23H16ClN3O5. The molecule has 1 N–H and O–H groups in total. The Bertz CT molecular complexity index is 1190. The third-order valence-electron chi connectivity index (χ3n) is 5.13. The normalized spacial score (nSPS) is 13.6. The molecule has 1 aliphatic rings. The average molecular weight is 450 g/mol. The molecule has 4 rings (SSSR count). The zero-order chi connectivity index (χ0) is 22.8. The summed E-state index contributed by atoms with van der Waals surface area (Å²) >= 11 is 5.89. The highest BCUT2D eigenvalue weighted by Crippen LogP contribution is 2.27. The number of anilines is 1. The van der Waals surface area contributed by atoms with Gasteiger partial charge < -0.3 is 5.32 Å². The van der Waals surface area contributed by atoms with Crippen LogP contribution in [-0.2, 0) is 11.2 Å². The van der Waals surface area contributed by atoms with Crippen molar-refractivity contribution in [2.24, 2.45) is 0 Å². The van der Waals surface area contributed by atoms with Gasteiger partial charge in [0.15, 0.2) is 0 Å². The largest absolute Gasteiger partial charge is 0.324 e. The van der Waals surface area contributed by atoms with Gasteiger partial charge in [0.1, 0.15) is 6.04 Å². The number of nitrogens with one attached hydrogen (secondary N) is 1. The number of rotatable bonds is 6. The zero-order valence-corrected chi connectivity index (χ0v) is 17.3. The predicted molar refractivity (Wildman–Crippen MR) is 118 cm³/mol. The van der Waals surface area contributed by atoms with Crippen molar-refractivity contribution in [3.05, 3.63) is 105 Å². The molecule has 0 saturated heterocycles. The van der Waals surface area contributed by atoms with E-state index in [2.05, 4.69) is 5.32 Å². The first-order chi connectivity index (χ1) is 15.3. The highest BCUT2D eigenvalue weighted by atomic mass is 35.5. The molecule has 32 heavy (non-hydrogen) atoms. The third kappa shape index (κ3) is 4.08. The minimum atomic E-state index is -1.17. The Kier molecular flexibility index (Phi) is 5.70. The molecule has 1 aliphatic heterocycles. The van der Waals surface area contributed by atoms with Gasteiger partial charge in [-0.3, -0.25) is 29.4 Å². The molecule has 0 aromatic heterocycles. The van der Waals surface area contributed by atoms with Crippen LogP contribution in [0.3, 0.4) is 0 Å². The van der Waals surface area contributed by atoms with Crippen molar-refractivity contribution in [1.29, 1.82) is 0 Å². The summed E-state index contributed by atoms with van der Waals surface area (Å²) in [4.78, 5) is 50.6. The second-order valence-corrected chi connectivity index (χ2v) is 7.60. The summed E-state index contributed by atoms with van der Waals surface area (Å²) in [5, 5.41) is 14.1. The van der Waals surface area contributed by atoms with Gasteiger partial charge in [0.25, 0.3) is 17.5 Å². The first kappa shape index (κ1) is 21.2. The molecule has 9 heteroatoms. The van der Waals surface area contributed by atoms with Gasteiger partial charge in [0.2, 0.25) is 5.91 Å². The van der Waals surface area contributed by atoms with Crippen LogP contribution in [0.25, 0.3) is 0 Å². The number of non-ortho nitro benzene ring substituents is 1. The van der Waals surface area contributed by atoms with Gasteiger partial charge in [0, 0.05) is 29.3 Å². The van der Waals surface area contributed by atoms with Crippen LogP contribution in [0.1, 0.15) is 26.3 Å². The van der Waals surface area contributed by atoms with Crippen LogP contribution >= 0.6 is 11.6 Å². The number of amides is 3. The van der Waals surface area contributed by atoms with E-state index in [1.807, 2.05) is 0 Å². The molecule has 1 unspecified atom stereocenters. The first-order valence-electron chi connectivity index (χ1n) is 9.62. The maximum Gasteiger partial charge on any atom is 0.269 e. The third-order valence-corrected chi connectivity index (χ3v) is 5.38. The highest BCUT2D eigenvalue weighted by Gasteiger charge is 2.42. The fourth-order valence-corrected chi connectivity index (χ4v) is 3.65. The van der Waals surface area contributed by atoms with E-state index in [1.54, 1.807) is 36.4 Å². The van der Waals surface area contributed by atoms with Crippen LogP contribution in [-0.4, -0.2) is 33.6 Å². The molecule has 3 aromatic rings. The predicted octanol–water partition coefficient (Wildman–Crippen LogP) is 4.09. The molecule has 0 bridgehead atoms. The Labute approximate surface area is 187 Å². The molecule has 0 saturated carbocycles. The zero-order valence-electron chi connectivity index (χ0n) is 16.5. The molecule has 3 aromatic carbocycles. The Morgan fingerprint density at radius 2 is 1.50 bits per heavy atom. The fourth-order valence-electron chi connectivity index (χ4n) is 3.53. The minimum Gasteiger partial charge on any atom is -0.324 e. The number of nitro benzene ring substituents is 1. The minimum absolute atomic E-state index is 0.0110. The number of halogens is 1. The summed E-state index contributed by atoms with van der Waals surface area (Å²) in [5.74, 6) is -1.70. The van der Waals surface area contributed by atoms with E-state index in [9.17, 15) is 24.5 Å². The van der Waals surface area contributed by atoms with Crippen molar-refractivity contribution in [3.63, 3.8) is 0 Å². The molecule has 0 radical (unpaired) electrons. The Morgan fingerprint density at radius 1 is 0.938 bits per heavy atom. The lowest BCUT2D eigenvalue weighted by Crippen LogP contribution is -2.48. The van der Waals surface area contributed by atoms with Gasteiger partial charge in [-0.25, -0.2) is 0 Å². The summed E-state index contributed by atoms with van der Waals surface area (Å²) in [6.07, 6.45) is -0.0110. The second kappa shape index (κ2) is 8.60. The molecule has 3 amide bonds. The van der Waals surface area contributed by atoms with Gasteiger partial charge in [-0.05, 0) is 42.0 Å². The Hall–Kier alpha value is -4.04. The molecule has 1 heterocycles. The van der Waals surface area contributed by atoms with Gasteiger partial charge in [-0.2, -0.15) is 0 Å². The summed E-state index contributed by atoms with van der Waals surface area (Å²) in [6.45, 7) is 0. The van der Waals surface area contributed by atoms with E-state index in [1.165, 1.54) is 36.4 Å². The van der Waals surface area contributed by atoms with Crippen molar-refractivity contribution in [1.82, 2.24) is 4.90 Å². The number of carbonyl (C=O) groups excluding carboxylic acids is 3. The van der Waals surface area contributed by atoms with Gasteiger partial charge >= 0.3 is 0 Å². The number of imide groups is 1. The van der Waals surface area contributed by atoms with Crippen LogP contribution in [0.5, 0.6) is 0 Å². The van der Waals surface area contributed by atoms with E-state index in [4.69, 9.17) is 11.6 Å². The molecule has 0 fully saturated rings. The lowest BCUT2D eigenvalue weighted by molar-refractivity contribution is -0.384. The van der Waals surface area contributed by atoms with Crippen molar-refractivity contribution in [3.8, 4) is 0 Å². The number of nitro groups is 1. The molecule has 1 atom stereocenters. The Morgan fingerprint density at radius 3 is 2.03 bits per heavy atom. The van der Waals surface area contributed by atoms with E-state index < -0.39 is 28.7 Å². The van der Waals surface area contributed by atoms with Crippen molar-refractivity contribution in [2.75, 3.05) is 5.32 Å². The van der Waals surface area contributed by atoms with Crippen LogP contribution in [0, 0.1) is 10.1 Å². The molecule has 0 spiro atoms. The topological polar surface area (TPSA) is 110 Å². The van der Waals surface area contributed by atoms with Gasteiger partial charge in [-0.1, -0.05) is 35.9 Å².